The first kappa shape index (κ1) is 18.5. The first-order chi connectivity index (χ1) is 11.5. The van der Waals surface area contributed by atoms with Crippen molar-refractivity contribution in [1.29, 1.82) is 0 Å². The number of carbonyl (C=O) groups is 1. The van der Waals surface area contributed by atoms with E-state index in [-0.39, 0.29) is 18.5 Å². The Balaban J connectivity index is 1.96. The highest BCUT2D eigenvalue weighted by Crippen LogP contribution is 2.26. The molecule has 0 bridgehead atoms. The smallest absolute Gasteiger partial charge is 0.238 e. The fourth-order valence-electron chi connectivity index (χ4n) is 2.64. The molecule has 0 unspecified atom stereocenters. The molecule has 2 atom stereocenters. The largest absolute Gasteiger partial charge is 0.325 e. The molecule has 2 N–H and O–H groups in total. The summed E-state index contributed by atoms with van der Waals surface area (Å²) in [6, 6.07) is 15.7. The molecule has 2 rings (SSSR count). The van der Waals surface area contributed by atoms with Gasteiger partial charge in [-0.2, -0.15) is 0 Å². The van der Waals surface area contributed by atoms with E-state index < -0.39 is 0 Å². The van der Waals surface area contributed by atoms with E-state index in [1.807, 2.05) is 49.4 Å². The quantitative estimate of drug-likeness (QED) is 0.729. The minimum Gasteiger partial charge on any atom is -0.325 e. The van der Waals surface area contributed by atoms with Crippen LogP contribution >= 0.6 is 11.6 Å². The predicted octanol–water partition coefficient (Wildman–Crippen LogP) is 5.14. The van der Waals surface area contributed by atoms with Crippen molar-refractivity contribution in [3.63, 3.8) is 0 Å². The van der Waals surface area contributed by atoms with Crippen LogP contribution in [0.5, 0.6) is 0 Å². The Kier molecular flexibility index (Phi) is 6.83. The fraction of sp³-hybridized carbons (Fsp3) is 0.350. The number of nitrogens with one attached hydrogen (secondary N) is 2. The van der Waals surface area contributed by atoms with Crippen molar-refractivity contribution in [2.75, 3.05) is 11.9 Å². The first-order valence-electron chi connectivity index (χ1n) is 8.39. The zero-order chi connectivity index (χ0) is 17.5. The lowest BCUT2D eigenvalue weighted by Crippen LogP contribution is -2.30. The molecule has 1 amide bonds. The summed E-state index contributed by atoms with van der Waals surface area (Å²) in [5.41, 5.74) is 3.06. The van der Waals surface area contributed by atoms with E-state index in [4.69, 9.17) is 11.6 Å². The summed E-state index contributed by atoms with van der Waals surface area (Å²) in [6.45, 7) is 6.56. The molecule has 24 heavy (non-hydrogen) atoms. The number of hydrogen-bond acceptors (Lipinski definition) is 2. The van der Waals surface area contributed by atoms with Crippen LogP contribution in [0.3, 0.4) is 0 Å². The number of halogens is 1. The van der Waals surface area contributed by atoms with Crippen LogP contribution in [-0.2, 0) is 4.79 Å². The van der Waals surface area contributed by atoms with Gasteiger partial charge in [0.15, 0.2) is 0 Å². The van der Waals surface area contributed by atoms with Crippen molar-refractivity contribution in [2.24, 2.45) is 0 Å². The van der Waals surface area contributed by atoms with Gasteiger partial charge < -0.3 is 10.6 Å². The highest BCUT2D eigenvalue weighted by Gasteiger charge is 2.13. The summed E-state index contributed by atoms with van der Waals surface area (Å²) >= 11 is 6.20. The molecule has 0 spiro atoms. The Morgan fingerprint density at radius 2 is 1.67 bits per heavy atom. The van der Waals surface area contributed by atoms with Crippen molar-refractivity contribution in [2.45, 2.75) is 39.2 Å². The third-order valence-corrected chi connectivity index (χ3v) is 4.66. The topological polar surface area (TPSA) is 41.1 Å². The van der Waals surface area contributed by atoms with E-state index >= 15 is 0 Å². The number of benzene rings is 2. The monoisotopic (exact) mass is 344 g/mol. The molecule has 0 radical (unpaired) electrons. The van der Waals surface area contributed by atoms with Crippen LogP contribution in [0.25, 0.3) is 0 Å². The summed E-state index contributed by atoms with van der Waals surface area (Å²) in [7, 11) is 0. The third-order valence-electron chi connectivity index (χ3n) is 4.32. The van der Waals surface area contributed by atoms with Gasteiger partial charge in [0.2, 0.25) is 5.91 Å². The zero-order valence-electron chi connectivity index (χ0n) is 14.5. The number of anilines is 1. The molecule has 3 nitrogen and oxygen atoms in total. The molecule has 2 aromatic carbocycles. The predicted molar refractivity (Wildman–Crippen MR) is 102 cm³/mol. The summed E-state index contributed by atoms with van der Waals surface area (Å²) in [4.78, 5) is 12.3. The SMILES string of the molecule is CC[C@@H](C)c1ccccc1NC(=O)CN[C@@H](C)c1ccccc1Cl. The second kappa shape index (κ2) is 8.86. The second-order valence-corrected chi connectivity index (χ2v) is 6.48. The van der Waals surface area contributed by atoms with Crippen LogP contribution in [-0.4, -0.2) is 12.5 Å². The molecule has 4 heteroatoms. The number of hydrogen-bond donors (Lipinski definition) is 2. The van der Waals surface area contributed by atoms with Crippen LogP contribution in [0, 0.1) is 0 Å². The summed E-state index contributed by atoms with van der Waals surface area (Å²) in [5, 5.41) is 6.95. The Morgan fingerprint density at radius 1 is 1.04 bits per heavy atom. The van der Waals surface area contributed by atoms with Crippen LogP contribution in [0.2, 0.25) is 5.02 Å². The van der Waals surface area contributed by atoms with Gasteiger partial charge in [-0.1, -0.05) is 61.8 Å². The highest BCUT2D eigenvalue weighted by atomic mass is 35.5. The maximum atomic E-state index is 12.3. The summed E-state index contributed by atoms with van der Waals surface area (Å²) in [6.07, 6.45) is 1.04. The molecule has 0 aliphatic rings. The second-order valence-electron chi connectivity index (χ2n) is 6.07. The Labute approximate surface area is 149 Å². The molecule has 2 aromatic rings. The molecule has 0 saturated heterocycles. The van der Waals surface area contributed by atoms with Gasteiger partial charge in [-0.15, -0.1) is 0 Å². The van der Waals surface area contributed by atoms with E-state index in [0.717, 1.165) is 17.7 Å². The fourth-order valence-corrected chi connectivity index (χ4v) is 2.94. The molecule has 0 heterocycles. The maximum Gasteiger partial charge on any atom is 0.238 e. The molecule has 128 valence electrons. The lowest BCUT2D eigenvalue weighted by atomic mass is 9.97. The third kappa shape index (κ3) is 4.83. The van der Waals surface area contributed by atoms with Crippen molar-refractivity contribution in [1.82, 2.24) is 5.32 Å². The standard InChI is InChI=1S/C20H25ClN2O/c1-4-14(2)16-9-6-8-12-19(16)23-20(24)13-22-15(3)17-10-5-7-11-18(17)21/h5-12,14-15,22H,4,13H2,1-3H3,(H,23,24)/t14-,15+/m1/s1. The molecule has 0 saturated carbocycles. The van der Waals surface area contributed by atoms with Gasteiger partial charge in [0.1, 0.15) is 0 Å². The van der Waals surface area contributed by atoms with Crippen LogP contribution < -0.4 is 10.6 Å². The molecule has 0 aromatic heterocycles. The number of amides is 1. The Morgan fingerprint density at radius 3 is 2.33 bits per heavy atom. The van der Waals surface area contributed by atoms with Crippen LogP contribution in [0.1, 0.15) is 50.3 Å². The highest BCUT2D eigenvalue weighted by molar-refractivity contribution is 6.31. The minimum absolute atomic E-state index is 0.00857. The number of para-hydroxylation sites is 1. The maximum absolute atomic E-state index is 12.3. The first-order valence-corrected chi connectivity index (χ1v) is 8.77. The molecular formula is C20H25ClN2O. The molecule has 0 fully saturated rings. The zero-order valence-corrected chi connectivity index (χ0v) is 15.2. The van der Waals surface area contributed by atoms with Gasteiger partial charge in [-0.3, -0.25) is 4.79 Å². The van der Waals surface area contributed by atoms with Gasteiger partial charge in [0.05, 0.1) is 6.54 Å². The van der Waals surface area contributed by atoms with Gasteiger partial charge >= 0.3 is 0 Å². The molecule has 0 aliphatic heterocycles. The van der Waals surface area contributed by atoms with E-state index in [9.17, 15) is 4.79 Å². The van der Waals surface area contributed by atoms with Crippen LogP contribution in [0.4, 0.5) is 5.69 Å². The van der Waals surface area contributed by atoms with E-state index in [2.05, 4.69) is 30.5 Å². The lowest BCUT2D eigenvalue weighted by Gasteiger charge is -2.18. The van der Waals surface area contributed by atoms with E-state index in [1.165, 1.54) is 5.56 Å². The van der Waals surface area contributed by atoms with Crippen molar-refractivity contribution in [3.8, 4) is 0 Å². The van der Waals surface area contributed by atoms with Gasteiger partial charge in [0, 0.05) is 16.8 Å². The summed E-state index contributed by atoms with van der Waals surface area (Å²) in [5.74, 6) is 0.362. The van der Waals surface area contributed by atoms with Gasteiger partial charge in [-0.05, 0) is 42.5 Å². The minimum atomic E-state index is -0.0512. The van der Waals surface area contributed by atoms with E-state index in [1.54, 1.807) is 0 Å². The van der Waals surface area contributed by atoms with E-state index in [0.29, 0.717) is 10.9 Å². The number of rotatable bonds is 7. The molecular weight excluding hydrogens is 320 g/mol. The normalized spacial score (nSPS) is 13.3. The van der Waals surface area contributed by atoms with Crippen molar-refractivity contribution in [3.05, 3.63) is 64.7 Å². The van der Waals surface area contributed by atoms with Crippen molar-refractivity contribution >= 4 is 23.2 Å². The Bertz CT molecular complexity index is 687. The lowest BCUT2D eigenvalue weighted by molar-refractivity contribution is -0.115. The average Bonchev–Trinajstić information content (AvgIpc) is 2.60. The van der Waals surface area contributed by atoms with Gasteiger partial charge in [0.25, 0.3) is 0 Å². The van der Waals surface area contributed by atoms with Gasteiger partial charge in [-0.25, -0.2) is 0 Å². The average molecular weight is 345 g/mol. The van der Waals surface area contributed by atoms with Crippen molar-refractivity contribution < 1.29 is 4.79 Å². The Hall–Kier alpha value is -1.84. The molecule has 0 aliphatic carbocycles. The summed E-state index contributed by atoms with van der Waals surface area (Å²) < 4.78 is 0. The number of carbonyl (C=O) groups excluding carboxylic acids is 1. The van der Waals surface area contributed by atoms with Crippen LogP contribution in [0.15, 0.2) is 48.5 Å².